The molecule has 26 nitrogen and oxygen atoms in total. The Balaban J connectivity index is 1.10. The smallest absolute Gasteiger partial charge is 0.243 e. The van der Waals surface area contributed by atoms with Gasteiger partial charge in [0.15, 0.2) is 5.96 Å². The second-order valence-corrected chi connectivity index (χ2v) is 25.9. The zero-order valence-electron chi connectivity index (χ0n) is 57.9. The van der Waals surface area contributed by atoms with Crippen LogP contribution < -0.4 is 70.4 Å². The lowest BCUT2D eigenvalue weighted by Gasteiger charge is -2.38. The van der Waals surface area contributed by atoms with Gasteiger partial charge in [-0.2, -0.15) is 0 Å². The lowest BCUT2D eigenvalue weighted by molar-refractivity contribution is -0.135. The molecule has 1 aliphatic heterocycles. The molecule has 6 rings (SSSR count). The van der Waals surface area contributed by atoms with Crippen LogP contribution in [0.15, 0.2) is 145 Å². The Hall–Kier alpha value is -10.3. The maximum atomic E-state index is 14.7. The van der Waals surface area contributed by atoms with Gasteiger partial charge >= 0.3 is 0 Å². The molecule has 5 aromatic rings. The number of aliphatic imine (C=N–C) groups is 1. The van der Waals surface area contributed by atoms with Crippen LogP contribution in [0.4, 0.5) is 10.1 Å². The van der Waals surface area contributed by atoms with Crippen LogP contribution >= 0.6 is 0 Å². The molecule has 0 aromatic heterocycles. The van der Waals surface area contributed by atoms with Gasteiger partial charge < -0.3 is 80.4 Å². The topological polar surface area (TPSA) is 410 Å². The summed E-state index contributed by atoms with van der Waals surface area (Å²) in [7, 11) is 0. The maximum Gasteiger partial charge on any atom is 0.243 e. The van der Waals surface area contributed by atoms with E-state index in [0.29, 0.717) is 42.4 Å². The second kappa shape index (κ2) is 42.0. The van der Waals surface area contributed by atoms with E-state index in [-0.39, 0.29) is 94.0 Å². The molecule has 0 spiro atoms. The summed E-state index contributed by atoms with van der Waals surface area (Å²) in [6.07, 6.45) is 3.82. The van der Waals surface area contributed by atoms with Crippen molar-refractivity contribution in [1.82, 2.24) is 47.4 Å². The molecule has 0 saturated carbocycles. The fraction of sp³-hybridized carbons (Fsp3) is 0.446. The molecule has 544 valence electrons. The predicted octanol–water partition coefficient (Wildman–Crippen LogP) is 2.71. The third-order valence-corrected chi connectivity index (χ3v) is 17.2. The highest BCUT2D eigenvalue weighted by atomic mass is 19.1. The standard InChI is InChI=1S/C74H100FN15O11/c1-48(2)42-62(88-73(101)63(45-51-20-10-5-11-21-51)84-65(93)47-82-68(96)49(3)83-69(97)58(76)44-52-28-30-57(91)31-29-52)72(100)85-59(26-17-38-81-74(78)79)70(98)86-60(71(99)87-61(67(77)95)46-53-22-16-23-54(75)43-53)32-33-64(92)80-37-15-7-14-27-66(94)90(55-24-12-6-13-25-55)56-35-40-89(41-36-56)39-34-50-18-8-4-9-19-50/h4-6,8-13,16,18-25,28-31,43,48-49,56,58-63,91H,7,14-15,17,26-27,32-42,44-47,76H2,1-3H3,(H2,77,95)(H,80,92)(H,82,96)(H,83,97)(H,84,93)(H,85,100)(H,86,98)(H,87,99)(H,88,101)(H4,78,79,81)/t49-,58+,59+,60+,61+,62+,63+/m1/s1. The number of nitrogens with zero attached hydrogens (tertiary/aromatic N) is 3. The summed E-state index contributed by atoms with van der Waals surface area (Å²) >= 11 is 0. The van der Waals surface area contributed by atoms with Crippen molar-refractivity contribution in [3.8, 4) is 5.75 Å². The number of anilines is 1. The summed E-state index contributed by atoms with van der Waals surface area (Å²) in [5.41, 5.74) is 26.8. The Bertz CT molecular complexity index is 3530. The first-order chi connectivity index (χ1) is 48.4. The molecule has 0 bridgehead atoms. The van der Waals surface area contributed by atoms with Crippen LogP contribution in [0.5, 0.6) is 5.75 Å². The number of carbonyl (C=O) groups excluding carboxylic acids is 10. The number of nitrogens with two attached hydrogens (primary N) is 4. The number of amides is 10. The molecule has 101 heavy (non-hydrogen) atoms. The summed E-state index contributed by atoms with van der Waals surface area (Å²) in [4.78, 5) is 147. The van der Waals surface area contributed by atoms with Crippen molar-refractivity contribution >= 4 is 70.7 Å². The summed E-state index contributed by atoms with van der Waals surface area (Å²) in [6.45, 7) is 7.30. The number of nitrogens with one attached hydrogen (secondary N) is 8. The van der Waals surface area contributed by atoms with E-state index in [2.05, 4.69) is 64.6 Å². The van der Waals surface area contributed by atoms with E-state index in [1.165, 1.54) is 48.9 Å². The number of primary amides is 1. The van der Waals surface area contributed by atoms with Crippen LogP contribution in [0.1, 0.15) is 114 Å². The number of unbranched alkanes of at least 4 members (excludes halogenated alkanes) is 2. The van der Waals surface area contributed by atoms with Crippen LogP contribution in [0.2, 0.25) is 0 Å². The number of phenolic OH excluding ortho intramolecular Hbond substituents is 1. The molecule has 1 aliphatic rings. The number of hydrogen-bond donors (Lipinski definition) is 13. The third-order valence-electron chi connectivity index (χ3n) is 17.2. The molecule has 1 fully saturated rings. The predicted molar refractivity (Wildman–Crippen MR) is 383 cm³/mol. The van der Waals surface area contributed by atoms with Gasteiger partial charge in [-0.1, -0.05) is 123 Å². The summed E-state index contributed by atoms with van der Waals surface area (Å²) in [6, 6.07) is 31.0. The van der Waals surface area contributed by atoms with E-state index in [1.807, 2.05) is 53.4 Å². The first kappa shape index (κ1) is 79.7. The van der Waals surface area contributed by atoms with E-state index in [9.17, 15) is 57.4 Å². The molecule has 1 heterocycles. The van der Waals surface area contributed by atoms with Crippen molar-refractivity contribution in [1.29, 1.82) is 0 Å². The molecule has 5 aromatic carbocycles. The van der Waals surface area contributed by atoms with Gasteiger partial charge in [0, 0.05) is 70.1 Å². The van der Waals surface area contributed by atoms with Crippen molar-refractivity contribution in [2.24, 2.45) is 33.8 Å². The number of hydrogen-bond acceptors (Lipinski definition) is 14. The molecule has 17 N–H and O–H groups in total. The monoisotopic (exact) mass is 1390 g/mol. The van der Waals surface area contributed by atoms with E-state index in [4.69, 9.17) is 22.9 Å². The van der Waals surface area contributed by atoms with Crippen molar-refractivity contribution < 1.29 is 57.4 Å². The lowest BCUT2D eigenvalue weighted by Crippen LogP contribution is -2.59. The van der Waals surface area contributed by atoms with E-state index < -0.39 is 108 Å². The van der Waals surface area contributed by atoms with Crippen molar-refractivity contribution in [2.45, 2.75) is 165 Å². The number of phenols is 1. The Morgan fingerprint density at radius 1 is 0.554 bits per heavy atom. The zero-order valence-corrected chi connectivity index (χ0v) is 57.9. The van der Waals surface area contributed by atoms with E-state index in [1.54, 1.807) is 56.3 Å². The minimum Gasteiger partial charge on any atom is -0.508 e. The second-order valence-electron chi connectivity index (χ2n) is 25.9. The number of likely N-dealkylation sites (tertiary alicyclic amines) is 1. The van der Waals surface area contributed by atoms with Crippen molar-refractivity contribution in [3.63, 3.8) is 0 Å². The number of para-hydroxylation sites is 1. The molecule has 10 amide bonds. The summed E-state index contributed by atoms with van der Waals surface area (Å²) in [5, 5.41) is 30.7. The van der Waals surface area contributed by atoms with Gasteiger partial charge in [0.25, 0.3) is 0 Å². The Kier molecular flexibility index (Phi) is 33.1. The first-order valence-electron chi connectivity index (χ1n) is 34.6. The highest BCUT2D eigenvalue weighted by molar-refractivity contribution is 5.98. The SMILES string of the molecule is CC(C)C[C@H](NC(=O)[C@H](Cc1ccccc1)NC(=O)CNC(=O)[C@@H](C)NC(=O)[C@@H](N)Cc1ccc(O)cc1)C(=O)N[C@@H](CCCN=C(N)N)C(=O)N[C@@H](CCC(=O)NCCCCCC(=O)N(c1ccccc1)C1CCN(CCc2ccccc2)CC1)C(=O)N[C@@H](Cc1cccc(F)c1)C(N)=O. The maximum absolute atomic E-state index is 14.7. The minimum absolute atomic E-state index is 0.00178. The number of benzene rings is 5. The molecule has 7 atom stereocenters. The quantitative estimate of drug-likeness (QED) is 0.0152. The molecule has 0 aliphatic carbocycles. The average molecular weight is 1390 g/mol. The Morgan fingerprint density at radius 2 is 1.12 bits per heavy atom. The van der Waals surface area contributed by atoms with E-state index in [0.717, 1.165) is 44.6 Å². The number of piperidine rings is 1. The van der Waals surface area contributed by atoms with Gasteiger partial charge in [-0.05, 0) is 136 Å². The fourth-order valence-corrected chi connectivity index (χ4v) is 11.7. The van der Waals surface area contributed by atoms with Crippen LogP contribution in [0.25, 0.3) is 0 Å². The summed E-state index contributed by atoms with van der Waals surface area (Å²) < 4.78 is 14.3. The highest BCUT2D eigenvalue weighted by Crippen LogP contribution is 2.26. The highest BCUT2D eigenvalue weighted by Gasteiger charge is 2.35. The van der Waals surface area contributed by atoms with Gasteiger partial charge in [-0.15, -0.1) is 0 Å². The average Bonchev–Trinajstić information content (AvgIpc) is 0.831. The molecule has 1 saturated heterocycles. The molecule has 0 radical (unpaired) electrons. The van der Waals surface area contributed by atoms with E-state index >= 15 is 0 Å². The van der Waals surface area contributed by atoms with Gasteiger partial charge in [-0.25, -0.2) is 4.39 Å². The van der Waals surface area contributed by atoms with Crippen LogP contribution in [-0.2, 0) is 73.6 Å². The number of carbonyl (C=O) groups is 10. The zero-order chi connectivity index (χ0) is 73.2. The molecular formula is C74H100FN15O11. The lowest BCUT2D eigenvalue weighted by atomic mass is 10.00. The number of guanidine groups is 1. The normalized spacial score (nSPS) is 14.4. The molecule has 0 unspecified atom stereocenters. The first-order valence-corrected chi connectivity index (χ1v) is 34.6. The van der Waals surface area contributed by atoms with Gasteiger partial charge in [0.2, 0.25) is 59.1 Å². The number of halogens is 1. The third kappa shape index (κ3) is 28.8. The van der Waals surface area contributed by atoms with Gasteiger partial charge in [-0.3, -0.25) is 52.9 Å². The van der Waals surface area contributed by atoms with Gasteiger partial charge in [0.1, 0.15) is 47.8 Å². The number of rotatable bonds is 41. The Labute approximate surface area is 589 Å². The van der Waals surface area contributed by atoms with Gasteiger partial charge in [0.05, 0.1) is 12.6 Å². The molecule has 27 heteroatoms. The van der Waals surface area contributed by atoms with Crippen LogP contribution in [0.3, 0.4) is 0 Å². The Morgan fingerprint density at radius 3 is 1.74 bits per heavy atom. The van der Waals surface area contributed by atoms with Crippen LogP contribution in [-0.4, -0.2) is 163 Å². The summed E-state index contributed by atoms with van der Waals surface area (Å²) in [5.74, 6) is -8.14. The van der Waals surface area contributed by atoms with Crippen molar-refractivity contribution in [3.05, 3.63) is 168 Å². The fourth-order valence-electron chi connectivity index (χ4n) is 11.7. The van der Waals surface area contributed by atoms with Crippen LogP contribution in [0, 0.1) is 11.7 Å². The van der Waals surface area contributed by atoms with Crippen molar-refractivity contribution in [2.75, 3.05) is 44.2 Å². The largest absolute Gasteiger partial charge is 0.508 e. The number of aromatic hydroxyl groups is 1. The molecular weight excluding hydrogens is 1290 g/mol. The minimum atomic E-state index is -1.54.